The molecule has 0 atom stereocenters. The number of hydrogen-bond acceptors (Lipinski definition) is 8. The highest BCUT2D eigenvalue weighted by Crippen LogP contribution is 2.48. The molecule has 7 rings (SSSR count). The van der Waals surface area contributed by atoms with Crippen LogP contribution in [-0.4, -0.2) is 55.4 Å². The van der Waals surface area contributed by atoms with Crippen LogP contribution in [0.15, 0.2) is 60.6 Å². The molecule has 1 aliphatic rings. The number of carbonyl (C=O) groups is 1. The first-order valence-corrected chi connectivity index (χ1v) is 15.5. The second kappa shape index (κ2) is 11.2. The molecule has 8 nitrogen and oxygen atoms in total. The molecule has 0 saturated carbocycles. The molecule has 0 fully saturated rings. The lowest BCUT2D eigenvalue weighted by Crippen LogP contribution is -2.34. The Kier molecular flexibility index (Phi) is 7.19. The van der Waals surface area contributed by atoms with E-state index in [2.05, 4.69) is 11.7 Å². The number of amides is 1. The van der Waals surface area contributed by atoms with Gasteiger partial charge in [-0.2, -0.15) is 5.10 Å². The Morgan fingerprint density at radius 1 is 1.16 bits per heavy atom. The molecule has 6 aromatic rings. The molecular weight excluding hydrogens is 605 g/mol. The van der Waals surface area contributed by atoms with Gasteiger partial charge < -0.3 is 14.7 Å². The van der Waals surface area contributed by atoms with Crippen LogP contribution in [0.3, 0.4) is 0 Å². The predicted molar refractivity (Wildman–Crippen MR) is 168 cm³/mol. The summed E-state index contributed by atoms with van der Waals surface area (Å²) in [4.78, 5) is 25.1. The summed E-state index contributed by atoms with van der Waals surface area (Å²) in [7, 11) is 1.88. The number of aliphatic hydroxyl groups is 1. The van der Waals surface area contributed by atoms with Crippen LogP contribution in [0.25, 0.3) is 54.1 Å². The molecule has 2 aromatic carbocycles. The summed E-state index contributed by atoms with van der Waals surface area (Å²) in [5.74, 6) is -1.81. The number of thiophene rings is 1. The van der Waals surface area contributed by atoms with E-state index in [4.69, 9.17) is 14.7 Å². The minimum absolute atomic E-state index is 0.0390. The summed E-state index contributed by atoms with van der Waals surface area (Å²) < 4.78 is 38.6. The maximum absolute atomic E-state index is 15.9. The van der Waals surface area contributed by atoms with Gasteiger partial charge in [0.25, 0.3) is 0 Å². The third-order valence-electron chi connectivity index (χ3n) is 7.67. The lowest BCUT2D eigenvalue weighted by molar-refractivity contribution is -0.126. The van der Waals surface area contributed by atoms with Crippen molar-refractivity contribution in [1.29, 1.82) is 0 Å². The van der Waals surface area contributed by atoms with Gasteiger partial charge in [-0.1, -0.05) is 12.6 Å². The number of pyridine rings is 1. The molecular formula is C32H25F2N5O3S2. The number of aromatic nitrogens is 4. The lowest BCUT2D eigenvalue weighted by Gasteiger charge is -2.24. The molecule has 1 N–H and O–H groups in total. The molecule has 4 aromatic heterocycles. The number of halogens is 2. The number of thiazole rings is 1. The van der Waals surface area contributed by atoms with E-state index in [1.807, 2.05) is 36.7 Å². The minimum atomic E-state index is -0.815. The first kappa shape index (κ1) is 28.3. The van der Waals surface area contributed by atoms with Crippen molar-refractivity contribution >= 4 is 49.6 Å². The first-order valence-electron chi connectivity index (χ1n) is 13.8. The van der Waals surface area contributed by atoms with Gasteiger partial charge in [0, 0.05) is 63.6 Å². The van der Waals surface area contributed by atoms with Crippen LogP contribution in [-0.2, 0) is 24.8 Å². The van der Waals surface area contributed by atoms with E-state index >= 15 is 4.39 Å². The zero-order valence-corrected chi connectivity index (χ0v) is 25.1. The molecule has 5 heterocycles. The van der Waals surface area contributed by atoms with E-state index < -0.39 is 11.6 Å². The van der Waals surface area contributed by atoms with Gasteiger partial charge in [0.2, 0.25) is 5.91 Å². The molecule has 0 saturated heterocycles. The molecule has 222 valence electrons. The van der Waals surface area contributed by atoms with Crippen molar-refractivity contribution in [2.75, 3.05) is 19.8 Å². The van der Waals surface area contributed by atoms with Crippen molar-refractivity contribution in [2.24, 2.45) is 7.05 Å². The number of rotatable bonds is 7. The number of hydrogen-bond donors (Lipinski definition) is 1. The highest BCUT2D eigenvalue weighted by molar-refractivity contribution is 7.18. The molecule has 12 heteroatoms. The quantitative estimate of drug-likeness (QED) is 0.207. The van der Waals surface area contributed by atoms with E-state index in [1.54, 1.807) is 15.8 Å². The highest BCUT2D eigenvalue weighted by atomic mass is 32.1. The topological polar surface area (TPSA) is 93.4 Å². The van der Waals surface area contributed by atoms with Crippen LogP contribution in [0, 0.1) is 11.6 Å². The Morgan fingerprint density at radius 3 is 2.84 bits per heavy atom. The number of fused-ring (bicyclic) bond motifs is 3. The summed E-state index contributed by atoms with van der Waals surface area (Å²) in [6.07, 6.45) is 3.65. The van der Waals surface area contributed by atoms with Gasteiger partial charge in [-0.15, -0.1) is 22.7 Å². The molecule has 0 radical (unpaired) electrons. The number of benzene rings is 2. The number of nitrogens with zero attached hydrogens (tertiary/aromatic N) is 5. The number of aliphatic hydroxyl groups excluding tert-OH is 1. The molecule has 0 aliphatic carbocycles. The average Bonchev–Trinajstić information content (AvgIpc) is 3.77. The Hall–Kier alpha value is -4.52. The van der Waals surface area contributed by atoms with E-state index in [0.717, 1.165) is 49.3 Å². The Morgan fingerprint density at radius 2 is 2.02 bits per heavy atom. The normalized spacial score (nSPS) is 13.0. The molecule has 0 spiro atoms. The maximum Gasteiger partial charge on any atom is 0.246 e. The summed E-state index contributed by atoms with van der Waals surface area (Å²) in [6, 6.07) is 9.86. The van der Waals surface area contributed by atoms with Crippen molar-refractivity contribution < 1.29 is 23.4 Å². The van der Waals surface area contributed by atoms with Crippen LogP contribution in [0.5, 0.6) is 5.75 Å². The fraction of sp³-hybridized carbons (Fsp3) is 0.188. The van der Waals surface area contributed by atoms with E-state index in [0.29, 0.717) is 41.5 Å². The molecule has 0 unspecified atom stereocenters. The van der Waals surface area contributed by atoms with Crippen LogP contribution in [0.4, 0.5) is 8.78 Å². The monoisotopic (exact) mass is 629 g/mol. The SMILES string of the molecule is C=CC(=O)N1CCc2nc(-c3nc(-c4ccc5c(cnn5C)c4)c4ccsc4c3-c3c(F)cc(F)cc3OCCO)sc2C1. The predicted octanol–water partition coefficient (Wildman–Crippen LogP) is 6.36. The van der Waals surface area contributed by atoms with Gasteiger partial charge in [-0.05, 0) is 29.7 Å². The van der Waals surface area contributed by atoms with Gasteiger partial charge in [-0.3, -0.25) is 9.48 Å². The van der Waals surface area contributed by atoms with Crippen molar-refractivity contribution in [3.05, 3.63) is 82.8 Å². The van der Waals surface area contributed by atoms with Crippen molar-refractivity contribution in [3.63, 3.8) is 0 Å². The Balaban J connectivity index is 1.50. The van der Waals surface area contributed by atoms with Gasteiger partial charge >= 0.3 is 0 Å². The van der Waals surface area contributed by atoms with Crippen LogP contribution < -0.4 is 4.74 Å². The van der Waals surface area contributed by atoms with Gasteiger partial charge in [0.05, 0.1) is 41.8 Å². The molecule has 1 amide bonds. The van der Waals surface area contributed by atoms with Crippen molar-refractivity contribution in [2.45, 2.75) is 13.0 Å². The maximum atomic E-state index is 15.9. The van der Waals surface area contributed by atoms with Gasteiger partial charge in [-0.25, -0.2) is 18.7 Å². The van der Waals surface area contributed by atoms with Gasteiger partial charge in [0.15, 0.2) is 0 Å². The van der Waals surface area contributed by atoms with Crippen molar-refractivity contribution in [1.82, 2.24) is 24.6 Å². The Labute approximate surface area is 258 Å². The number of ether oxygens (including phenoxy) is 1. The van der Waals surface area contributed by atoms with Crippen molar-refractivity contribution in [3.8, 4) is 38.8 Å². The zero-order valence-electron chi connectivity index (χ0n) is 23.5. The zero-order chi connectivity index (χ0) is 30.5. The third-order valence-corrected chi connectivity index (χ3v) is 9.69. The second-order valence-corrected chi connectivity index (χ2v) is 12.3. The van der Waals surface area contributed by atoms with E-state index in [1.165, 1.54) is 28.7 Å². The standard InChI is InChI=1S/C32H25F2N5O3S2/c1-3-26(41)39-8-6-22-25(16-39)44-32(36-22)30-28(27-21(34)13-19(33)14-24(27)42-10-9-40)31-20(7-11-43-31)29(37-30)17-4-5-23-18(12-17)15-35-38(23)2/h3-5,7,11-15,40H,1,6,8-10,16H2,2H3. The molecule has 0 bridgehead atoms. The first-order chi connectivity index (χ1) is 21.4. The summed E-state index contributed by atoms with van der Waals surface area (Å²) >= 11 is 2.81. The summed E-state index contributed by atoms with van der Waals surface area (Å²) in [5, 5.41) is 18.0. The fourth-order valence-electron chi connectivity index (χ4n) is 5.62. The number of carbonyl (C=O) groups excluding carboxylic acids is 1. The molecule has 44 heavy (non-hydrogen) atoms. The van der Waals surface area contributed by atoms with E-state index in [-0.39, 0.29) is 30.4 Å². The van der Waals surface area contributed by atoms with E-state index in [9.17, 15) is 14.3 Å². The summed E-state index contributed by atoms with van der Waals surface area (Å²) in [5.41, 5.74) is 4.24. The van der Waals surface area contributed by atoms with Crippen LogP contribution >= 0.6 is 22.7 Å². The Bertz CT molecular complexity index is 2100. The average molecular weight is 630 g/mol. The van der Waals surface area contributed by atoms with Crippen LogP contribution in [0.1, 0.15) is 10.6 Å². The lowest BCUT2D eigenvalue weighted by atomic mass is 9.97. The highest BCUT2D eigenvalue weighted by Gasteiger charge is 2.29. The smallest absolute Gasteiger partial charge is 0.246 e. The molecule has 1 aliphatic heterocycles. The largest absolute Gasteiger partial charge is 0.490 e. The second-order valence-electron chi connectivity index (χ2n) is 10.3. The third kappa shape index (κ3) is 4.75. The summed E-state index contributed by atoms with van der Waals surface area (Å²) in [6.45, 7) is 4.03. The number of aryl methyl sites for hydroxylation is 1. The minimum Gasteiger partial charge on any atom is -0.490 e. The van der Waals surface area contributed by atoms with Gasteiger partial charge in [0.1, 0.15) is 34.7 Å². The van der Waals surface area contributed by atoms with Crippen LogP contribution in [0.2, 0.25) is 0 Å². The fourth-order valence-corrected chi connectivity index (χ4v) is 7.69.